The SMILES string of the molecule is CC(Cn1ccc2c1CC(C)(C)CC2N)N(C)C1CC1. The quantitative estimate of drug-likeness (QED) is 0.916. The summed E-state index contributed by atoms with van der Waals surface area (Å²) in [6.07, 6.45) is 7.26. The van der Waals surface area contributed by atoms with Crippen molar-refractivity contribution in [3.63, 3.8) is 0 Å². The maximum Gasteiger partial charge on any atom is 0.0375 e. The molecule has 0 amide bonds. The lowest BCUT2D eigenvalue weighted by molar-refractivity contribution is 0.219. The smallest absolute Gasteiger partial charge is 0.0375 e. The summed E-state index contributed by atoms with van der Waals surface area (Å²) in [4.78, 5) is 2.54. The minimum absolute atomic E-state index is 0.214. The van der Waals surface area contributed by atoms with E-state index in [-0.39, 0.29) is 6.04 Å². The Kier molecular flexibility index (Phi) is 3.46. The second-order valence-electron chi connectivity index (χ2n) is 7.77. The molecule has 1 saturated carbocycles. The molecule has 0 spiro atoms. The highest BCUT2D eigenvalue weighted by atomic mass is 15.2. The maximum atomic E-state index is 6.36. The van der Waals surface area contributed by atoms with Gasteiger partial charge in [-0.05, 0) is 56.7 Å². The molecule has 2 aliphatic carbocycles. The van der Waals surface area contributed by atoms with Gasteiger partial charge in [0.2, 0.25) is 0 Å². The molecule has 1 heterocycles. The van der Waals surface area contributed by atoms with Gasteiger partial charge in [-0.15, -0.1) is 0 Å². The lowest BCUT2D eigenvalue weighted by Gasteiger charge is -2.35. The average Bonchev–Trinajstić information content (AvgIpc) is 3.12. The Labute approximate surface area is 123 Å². The first kappa shape index (κ1) is 14.2. The van der Waals surface area contributed by atoms with E-state index in [1.54, 1.807) is 0 Å². The average molecular weight is 275 g/mol. The number of nitrogens with two attached hydrogens (primary N) is 1. The van der Waals surface area contributed by atoms with E-state index in [0.29, 0.717) is 11.5 Å². The topological polar surface area (TPSA) is 34.2 Å². The van der Waals surface area contributed by atoms with Gasteiger partial charge in [0.15, 0.2) is 0 Å². The molecule has 20 heavy (non-hydrogen) atoms. The molecular weight excluding hydrogens is 246 g/mol. The summed E-state index contributed by atoms with van der Waals surface area (Å²) >= 11 is 0. The van der Waals surface area contributed by atoms with Gasteiger partial charge in [-0.1, -0.05) is 13.8 Å². The Morgan fingerprint density at radius 2 is 2.15 bits per heavy atom. The van der Waals surface area contributed by atoms with Gasteiger partial charge in [-0.25, -0.2) is 0 Å². The molecule has 1 aromatic rings. The fraction of sp³-hybridized carbons (Fsp3) is 0.765. The molecule has 2 N–H and O–H groups in total. The summed E-state index contributed by atoms with van der Waals surface area (Å²) in [5.74, 6) is 0. The van der Waals surface area contributed by atoms with Crippen LogP contribution in [0.15, 0.2) is 12.3 Å². The number of aromatic nitrogens is 1. The van der Waals surface area contributed by atoms with E-state index in [2.05, 4.69) is 49.5 Å². The molecule has 0 radical (unpaired) electrons. The van der Waals surface area contributed by atoms with Crippen LogP contribution in [0.2, 0.25) is 0 Å². The summed E-state index contributed by atoms with van der Waals surface area (Å²) in [5.41, 5.74) is 9.54. The van der Waals surface area contributed by atoms with Gasteiger partial charge in [-0.2, -0.15) is 0 Å². The van der Waals surface area contributed by atoms with E-state index < -0.39 is 0 Å². The molecule has 0 aliphatic heterocycles. The molecule has 2 atom stereocenters. The second-order valence-corrected chi connectivity index (χ2v) is 7.77. The van der Waals surface area contributed by atoms with Crippen LogP contribution in [0.25, 0.3) is 0 Å². The largest absolute Gasteiger partial charge is 0.350 e. The number of hydrogen-bond donors (Lipinski definition) is 1. The number of likely N-dealkylation sites (N-methyl/N-ethyl adjacent to an activating group) is 1. The highest BCUT2D eigenvalue weighted by molar-refractivity contribution is 5.30. The maximum absolute atomic E-state index is 6.36. The molecule has 112 valence electrons. The van der Waals surface area contributed by atoms with Crippen molar-refractivity contribution in [1.29, 1.82) is 0 Å². The Balaban J connectivity index is 1.78. The minimum atomic E-state index is 0.214. The van der Waals surface area contributed by atoms with E-state index in [9.17, 15) is 0 Å². The van der Waals surface area contributed by atoms with Crippen molar-refractivity contribution in [2.75, 3.05) is 7.05 Å². The van der Waals surface area contributed by atoms with Gasteiger partial charge in [0.25, 0.3) is 0 Å². The molecule has 1 fully saturated rings. The zero-order valence-corrected chi connectivity index (χ0v) is 13.4. The van der Waals surface area contributed by atoms with Gasteiger partial charge in [0, 0.05) is 36.6 Å². The van der Waals surface area contributed by atoms with Crippen LogP contribution < -0.4 is 5.73 Å². The van der Waals surface area contributed by atoms with Crippen LogP contribution >= 0.6 is 0 Å². The lowest BCUT2D eigenvalue weighted by atomic mass is 9.74. The summed E-state index contributed by atoms with van der Waals surface area (Å²) in [5, 5.41) is 0. The van der Waals surface area contributed by atoms with Crippen LogP contribution in [-0.4, -0.2) is 28.6 Å². The van der Waals surface area contributed by atoms with Crippen molar-refractivity contribution in [2.24, 2.45) is 11.1 Å². The second kappa shape index (κ2) is 4.88. The third kappa shape index (κ3) is 2.66. The summed E-state index contributed by atoms with van der Waals surface area (Å²) < 4.78 is 2.46. The summed E-state index contributed by atoms with van der Waals surface area (Å²) in [7, 11) is 2.27. The molecular formula is C17H29N3. The first-order valence-electron chi connectivity index (χ1n) is 8.03. The van der Waals surface area contributed by atoms with Gasteiger partial charge in [0.1, 0.15) is 0 Å². The molecule has 2 aliphatic rings. The third-order valence-corrected chi connectivity index (χ3v) is 5.21. The fourth-order valence-electron chi connectivity index (χ4n) is 3.72. The lowest BCUT2D eigenvalue weighted by Crippen LogP contribution is -2.36. The number of fused-ring (bicyclic) bond motifs is 1. The Morgan fingerprint density at radius 1 is 1.45 bits per heavy atom. The Hall–Kier alpha value is -0.800. The van der Waals surface area contributed by atoms with Gasteiger partial charge >= 0.3 is 0 Å². The third-order valence-electron chi connectivity index (χ3n) is 5.21. The number of nitrogens with zero attached hydrogens (tertiary/aromatic N) is 2. The van der Waals surface area contributed by atoms with Crippen LogP contribution in [0.1, 0.15) is 57.3 Å². The molecule has 3 nitrogen and oxygen atoms in total. The minimum Gasteiger partial charge on any atom is -0.350 e. The molecule has 2 unspecified atom stereocenters. The Morgan fingerprint density at radius 3 is 2.80 bits per heavy atom. The zero-order chi connectivity index (χ0) is 14.5. The normalized spacial score (nSPS) is 26.6. The van der Waals surface area contributed by atoms with E-state index in [0.717, 1.165) is 25.4 Å². The predicted molar refractivity (Wildman–Crippen MR) is 83.7 cm³/mol. The fourth-order valence-corrected chi connectivity index (χ4v) is 3.72. The highest BCUT2D eigenvalue weighted by Crippen LogP contribution is 2.40. The molecule has 0 aromatic carbocycles. The summed E-state index contributed by atoms with van der Waals surface area (Å²) in [6, 6.07) is 3.89. The summed E-state index contributed by atoms with van der Waals surface area (Å²) in [6.45, 7) is 8.11. The van der Waals surface area contributed by atoms with Crippen LogP contribution in [-0.2, 0) is 13.0 Å². The Bertz CT molecular complexity index is 484. The molecule has 3 heteroatoms. The van der Waals surface area contributed by atoms with Gasteiger partial charge < -0.3 is 10.3 Å². The first-order chi connectivity index (χ1) is 9.37. The van der Waals surface area contributed by atoms with Gasteiger partial charge in [-0.3, -0.25) is 4.90 Å². The van der Waals surface area contributed by atoms with Crippen LogP contribution in [0.3, 0.4) is 0 Å². The molecule has 3 rings (SSSR count). The van der Waals surface area contributed by atoms with E-state index in [1.807, 2.05) is 0 Å². The van der Waals surface area contributed by atoms with Crippen molar-refractivity contribution in [2.45, 2.75) is 71.1 Å². The standard InChI is InChI=1S/C17H29N3/c1-12(19(4)13-5-6-13)11-20-8-7-14-15(18)9-17(2,3)10-16(14)20/h7-8,12-13,15H,5-6,9-11,18H2,1-4H3. The van der Waals surface area contributed by atoms with E-state index in [4.69, 9.17) is 5.73 Å². The van der Waals surface area contributed by atoms with Crippen molar-refractivity contribution in [3.05, 3.63) is 23.5 Å². The van der Waals surface area contributed by atoms with Crippen molar-refractivity contribution in [1.82, 2.24) is 9.47 Å². The van der Waals surface area contributed by atoms with Crippen LogP contribution in [0.4, 0.5) is 0 Å². The van der Waals surface area contributed by atoms with Crippen molar-refractivity contribution in [3.8, 4) is 0 Å². The first-order valence-corrected chi connectivity index (χ1v) is 8.03. The molecule has 1 aromatic heterocycles. The van der Waals surface area contributed by atoms with Crippen LogP contribution in [0, 0.1) is 5.41 Å². The molecule has 0 bridgehead atoms. The van der Waals surface area contributed by atoms with Crippen LogP contribution in [0.5, 0.6) is 0 Å². The molecule has 0 saturated heterocycles. The van der Waals surface area contributed by atoms with E-state index >= 15 is 0 Å². The monoisotopic (exact) mass is 275 g/mol. The predicted octanol–water partition coefficient (Wildman–Crippen LogP) is 2.94. The number of hydrogen-bond acceptors (Lipinski definition) is 2. The zero-order valence-electron chi connectivity index (χ0n) is 13.4. The van der Waals surface area contributed by atoms with Crippen molar-refractivity contribution >= 4 is 0 Å². The van der Waals surface area contributed by atoms with Crippen molar-refractivity contribution < 1.29 is 0 Å². The van der Waals surface area contributed by atoms with E-state index in [1.165, 1.54) is 24.1 Å². The number of rotatable bonds is 4. The van der Waals surface area contributed by atoms with Gasteiger partial charge in [0.05, 0.1) is 0 Å². The highest BCUT2D eigenvalue weighted by Gasteiger charge is 2.33.